The van der Waals surface area contributed by atoms with Crippen LogP contribution in [0.4, 0.5) is 4.39 Å². The standard InChI is InChI=1S/C15H20ClFN2O/c1-10(2)18-14-4-3-7-19(15(14)20)9-11-5-6-13(17)12(16)8-11/h5-6,8,10,14,18H,3-4,7,9H2,1-2H3. The zero-order valence-corrected chi connectivity index (χ0v) is 12.6. The first-order valence-electron chi connectivity index (χ1n) is 6.96. The number of hydrogen-bond acceptors (Lipinski definition) is 2. The van der Waals surface area contributed by atoms with Crippen LogP contribution in [0.1, 0.15) is 32.3 Å². The van der Waals surface area contributed by atoms with E-state index in [1.165, 1.54) is 6.07 Å². The Hall–Kier alpha value is -1.13. The van der Waals surface area contributed by atoms with Crippen molar-refractivity contribution in [2.75, 3.05) is 6.54 Å². The molecule has 3 nitrogen and oxygen atoms in total. The molecule has 0 radical (unpaired) electrons. The zero-order valence-electron chi connectivity index (χ0n) is 11.8. The second-order valence-electron chi connectivity index (χ2n) is 5.52. The summed E-state index contributed by atoms with van der Waals surface area (Å²) in [7, 11) is 0. The van der Waals surface area contributed by atoms with Crippen LogP contribution in [-0.2, 0) is 11.3 Å². The molecule has 1 unspecified atom stereocenters. The molecule has 0 saturated carbocycles. The van der Waals surface area contributed by atoms with E-state index < -0.39 is 5.82 Å². The third-order valence-corrected chi connectivity index (χ3v) is 3.71. The van der Waals surface area contributed by atoms with Gasteiger partial charge in [0.15, 0.2) is 0 Å². The fourth-order valence-corrected chi connectivity index (χ4v) is 2.72. The topological polar surface area (TPSA) is 32.3 Å². The summed E-state index contributed by atoms with van der Waals surface area (Å²) < 4.78 is 13.1. The first-order chi connectivity index (χ1) is 9.47. The van der Waals surface area contributed by atoms with Gasteiger partial charge in [0.2, 0.25) is 5.91 Å². The highest BCUT2D eigenvalue weighted by Crippen LogP contribution is 2.20. The Morgan fingerprint density at radius 3 is 2.90 bits per heavy atom. The Morgan fingerprint density at radius 1 is 1.50 bits per heavy atom. The molecule has 20 heavy (non-hydrogen) atoms. The maximum Gasteiger partial charge on any atom is 0.240 e. The highest BCUT2D eigenvalue weighted by atomic mass is 35.5. The molecule has 1 atom stereocenters. The number of nitrogens with zero attached hydrogens (tertiary/aromatic N) is 1. The van der Waals surface area contributed by atoms with Crippen LogP contribution in [-0.4, -0.2) is 29.4 Å². The van der Waals surface area contributed by atoms with Crippen LogP contribution in [0.2, 0.25) is 5.02 Å². The van der Waals surface area contributed by atoms with Crippen LogP contribution in [0, 0.1) is 5.82 Å². The molecule has 1 aliphatic rings. The molecule has 1 aromatic rings. The molecule has 1 fully saturated rings. The third kappa shape index (κ3) is 3.70. The van der Waals surface area contributed by atoms with E-state index in [4.69, 9.17) is 11.6 Å². The predicted molar refractivity (Wildman–Crippen MR) is 78.1 cm³/mol. The van der Waals surface area contributed by atoms with E-state index in [2.05, 4.69) is 5.32 Å². The van der Waals surface area contributed by atoms with Crippen molar-refractivity contribution in [1.82, 2.24) is 10.2 Å². The van der Waals surface area contributed by atoms with E-state index >= 15 is 0 Å². The summed E-state index contributed by atoms with van der Waals surface area (Å²) in [5.41, 5.74) is 0.856. The van der Waals surface area contributed by atoms with E-state index in [0.29, 0.717) is 6.54 Å². The van der Waals surface area contributed by atoms with Gasteiger partial charge in [-0.25, -0.2) is 4.39 Å². The average Bonchev–Trinajstić information content (AvgIpc) is 2.38. The second-order valence-corrected chi connectivity index (χ2v) is 5.93. The van der Waals surface area contributed by atoms with Gasteiger partial charge in [-0.2, -0.15) is 0 Å². The quantitative estimate of drug-likeness (QED) is 0.927. The smallest absolute Gasteiger partial charge is 0.240 e. The summed E-state index contributed by atoms with van der Waals surface area (Å²) in [6, 6.07) is 4.77. The second kappa shape index (κ2) is 6.55. The van der Waals surface area contributed by atoms with Crippen LogP contribution in [0.3, 0.4) is 0 Å². The minimum Gasteiger partial charge on any atom is -0.337 e. The summed E-state index contributed by atoms with van der Waals surface area (Å²) in [6.45, 7) is 5.29. The Balaban J connectivity index is 2.04. The van der Waals surface area contributed by atoms with Crippen molar-refractivity contribution in [2.45, 2.75) is 45.3 Å². The van der Waals surface area contributed by atoms with Crippen molar-refractivity contribution in [3.63, 3.8) is 0 Å². The maximum atomic E-state index is 13.1. The van der Waals surface area contributed by atoms with Gasteiger partial charge in [0.25, 0.3) is 0 Å². The van der Waals surface area contributed by atoms with Gasteiger partial charge in [-0.1, -0.05) is 31.5 Å². The van der Waals surface area contributed by atoms with Crippen molar-refractivity contribution in [3.8, 4) is 0 Å². The summed E-state index contributed by atoms with van der Waals surface area (Å²) in [4.78, 5) is 14.2. The van der Waals surface area contributed by atoms with Gasteiger partial charge in [0.1, 0.15) is 5.82 Å². The number of rotatable bonds is 4. The van der Waals surface area contributed by atoms with Crippen molar-refractivity contribution < 1.29 is 9.18 Å². The lowest BCUT2D eigenvalue weighted by Gasteiger charge is -2.33. The zero-order chi connectivity index (χ0) is 14.7. The number of nitrogens with one attached hydrogen (secondary N) is 1. The fourth-order valence-electron chi connectivity index (χ4n) is 2.51. The molecule has 0 aromatic heterocycles. The van der Waals surface area contributed by atoms with Crippen molar-refractivity contribution in [3.05, 3.63) is 34.6 Å². The van der Waals surface area contributed by atoms with Gasteiger partial charge in [-0.05, 0) is 30.5 Å². The largest absolute Gasteiger partial charge is 0.337 e. The maximum absolute atomic E-state index is 13.1. The SMILES string of the molecule is CC(C)NC1CCCN(Cc2ccc(F)c(Cl)c2)C1=O. The van der Waals surface area contributed by atoms with Gasteiger partial charge in [0.05, 0.1) is 11.1 Å². The number of benzene rings is 1. The van der Waals surface area contributed by atoms with Crippen LogP contribution in [0.5, 0.6) is 0 Å². The van der Waals surface area contributed by atoms with Gasteiger partial charge < -0.3 is 10.2 Å². The summed E-state index contributed by atoms with van der Waals surface area (Å²) in [6.07, 6.45) is 1.85. The molecule has 1 heterocycles. The number of carbonyl (C=O) groups excluding carboxylic acids is 1. The molecule has 2 rings (SSSR count). The van der Waals surface area contributed by atoms with Crippen molar-refractivity contribution >= 4 is 17.5 Å². The molecule has 1 amide bonds. The molecule has 0 aliphatic carbocycles. The minimum atomic E-state index is -0.431. The molecule has 1 saturated heterocycles. The van der Waals surface area contributed by atoms with Crippen LogP contribution in [0.25, 0.3) is 0 Å². The minimum absolute atomic E-state index is 0.101. The Bertz CT molecular complexity index is 493. The molecule has 5 heteroatoms. The summed E-state index contributed by atoms with van der Waals surface area (Å²) in [5, 5.41) is 3.39. The predicted octanol–water partition coefficient (Wildman–Crippen LogP) is 2.97. The van der Waals surface area contributed by atoms with Crippen LogP contribution in [0.15, 0.2) is 18.2 Å². The Kier molecular flexibility index (Phi) is 5.00. The number of piperidine rings is 1. The molecule has 0 spiro atoms. The van der Waals surface area contributed by atoms with Gasteiger partial charge >= 0.3 is 0 Å². The molecular formula is C15H20ClFN2O. The molecule has 1 aromatic carbocycles. The van der Waals surface area contributed by atoms with Crippen LogP contribution >= 0.6 is 11.6 Å². The lowest BCUT2D eigenvalue weighted by Crippen LogP contribution is -2.51. The molecule has 1 aliphatic heterocycles. The number of hydrogen-bond donors (Lipinski definition) is 1. The van der Waals surface area contributed by atoms with Crippen molar-refractivity contribution in [2.24, 2.45) is 0 Å². The van der Waals surface area contributed by atoms with Gasteiger partial charge in [-0.15, -0.1) is 0 Å². The lowest BCUT2D eigenvalue weighted by molar-refractivity contribution is -0.136. The highest BCUT2D eigenvalue weighted by Gasteiger charge is 2.28. The summed E-state index contributed by atoms with van der Waals surface area (Å²) in [5.74, 6) is -0.315. The lowest BCUT2D eigenvalue weighted by atomic mass is 10.0. The molecule has 1 N–H and O–H groups in total. The highest BCUT2D eigenvalue weighted by molar-refractivity contribution is 6.30. The molecule has 110 valence electrons. The van der Waals surface area contributed by atoms with Gasteiger partial charge in [-0.3, -0.25) is 4.79 Å². The van der Waals surface area contributed by atoms with E-state index in [-0.39, 0.29) is 23.0 Å². The third-order valence-electron chi connectivity index (χ3n) is 3.42. The number of carbonyl (C=O) groups is 1. The van der Waals surface area contributed by atoms with Gasteiger partial charge in [0, 0.05) is 19.1 Å². The fraction of sp³-hybridized carbons (Fsp3) is 0.533. The van der Waals surface area contributed by atoms with E-state index in [9.17, 15) is 9.18 Å². The number of halogens is 2. The Labute approximate surface area is 124 Å². The van der Waals surface area contributed by atoms with E-state index in [0.717, 1.165) is 24.9 Å². The monoisotopic (exact) mass is 298 g/mol. The normalized spacial score (nSPS) is 19.8. The number of amides is 1. The average molecular weight is 299 g/mol. The Morgan fingerprint density at radius 2 is 2.25 bits per heavy atom. The molecule has 0 bridgehead atoms. The first kappa shape index (κ1) is 15.3. The van der Waals surface area contributed by atoms with E-state index in [1.807, 2.05) is 18.7 Å². The summed E-state index contributed by atoms with van der Waals surface area (Å²) >= 11 is 5.77. The first-order valence-corrected chi connectivity index (χ1v) is 7.34. The van der Waals surface area contributed by atoms with Crippen LogP contribution < -0.4 is 5.32 Å². The molecular weight excluding hydrogens is 279 g/mol. The number of likely N-dealkylation sites (tertiary alicyclic amines) is 1. The van der Waals surface area contributed by atoms with Crippen molar-refractivity contribution in [1.29, 1.82) is 0 Å². The van der Waals surface area contributed by atoms with E-state index in [1.54, 1.807) is 12.1 Å².